The Bertz CT molecular complexity index is 1710. The maximum atomic E-state index is 14.0. The summed E-state index contributed by atoms with van der Waals surface area (Å²) >= 11 is 4.34. The van der Waals surface area contributed by atoms with Gasteiger partial charge in [-0.2, -0.15) is 0 Å². The normalized spacial score (nSPS) is 12.1. The highest BCUT2D eigenvalue weighted by Crippen LogP contribution is 2.39. The number of Topliss-reactive ketones (excluding diaryl/α,β-unsaturated/α-hetero) is 1. The van der Waals surface area contributed by atoms with Crippen LogP contribution < -0.4 is 5.56 Å². The first kappa shape index (κ1) is 23.7. The third-order valence-corrected chi connectivity index (χ3v) is 8.98. The molecule has 0 radical (unpaired) electrons. The van der Waals surface area contributed by atoms with Crippen LogP contribution in [0.25, 0.3) is 20.7 Å². The number of ketones is 1. The van der Waals surface area contributed by atoms with Gasteiger partial charge in [0.15, 0.2) is 10.9 Å². The molecular formula is C29H20N2O3S3. The molecule has 0 aliphatic carbocycles. The van der Waals surface area contributed by atoms with Crippen LogP contribution in [0.3, 0.4) is 0 Å². The molecule has 0 bridgehead atoms. The number of fused-ring (bicyclic) bond motifs is 1. The lowest BCUT2D eigenvalue weighted by Gasteiger charge is -2.18. The molecule has 6 aromatic rings. The van der Waals surface area contributed by atoms with Gasteiger partial charge < -0.3 is 4.42 Å². The zero-order valence-electron chi connectivity index (χ0n) is 19.4. The van der Waals surface area contributed by atoms with Crippen molar-refractivity contribution < 1.29 is 9.21 Å². The maximum absolute atomic E-state index is 14.0. The lowest BCUT2D eigenvalue weighted by molar-refractivity contribution is 0.0989. The van der Waals surface area contributed by atoms with Crippen LogP contribution in [0, 0.1) is 0 Å². The molecule has 1 unspecified atom stereocenters. The van der Waals surface area contributed by atoms with Gasteiger partial charge >= 0.3 is 0 Å². The summed E-state index contributed by atoms with van der Waals surface area (Å²) in [6.07, 6.45) is 1.59. The van der Waals surface area contributed by atoms with E-state index in [1.807, 2.05) is 89.6 Å². The molecule has 182 valence electrons. The predicted octanol–water partition coefficient (Wildman–Crippen LogP) is 7.54. The van der Waals surface area contributed by atoms with Crippen molar-refractivity contribution >= 4 is 50.4 Å². The Kier molecular flexibility index (Phi) is 6.61. The molecule has 0 aliphatic rings. The largest absolute Gasteiger partial charge is 0.467 e. The average Bonchev–Trinajstić information content (AvgIpc) is 3.72. The van der Waals surface area contributed by atoms with E-state index in [-0.39, 0.29) is 17.9 Å². The number of hydrogen-bond acceptors (Lipinski definition) is 7. The zero-order chi connectivity index (χ0) is 25.2. The molecule has 5 nitrogen and oxygen atoms in total. The summed E-state index contributed by atoms with van der Waals surface area (Å²) in [6, 6.07) is 26.5. The highest BCUT2D eigenvalue weighted by atomic mass is 32.2. The number of furan rings is 1. The Balaban J connectivity index is 1.51. The van der Waals surface area contributed by atoms with E-state index in [2.05, 4.69) is 0 Å². The fraction of sp³-hybridized carbons (Fsp3) is 0.0690. The zero-order valence-corrected chi connectivity index (χ0v) is 21.9. The van der Waals surface area contributed by atoms with Gasteiger partial charge in [0.1, 0.15) is 15.8 Å². The molecule has 4 aromatic heterocycles. The number of carbonyl (C=O) groups excluding carboxylic acids is 1. The van der Waals surface area contributed by atoms with Gasteiger partial charge in [-0.3, -0.25) is 14.2 Å². The minimum absolute atomic E-state index is 0.0406. The van der Waals surface area contributed by atoms with Gasteiger partial charge in [0, 0.05) is 21.4 Å². The molecule has 4 heterocycles. The second-order valence-electron chi connectivity index (χ2n) is 8.31. The second kappa shape index (κ2) is 10.3. The predicted molar refractivity (Wildman–Crippen MR) is 151 cm³/mol. The van der Waals surface area contributed by atoms with Crippen molar-refractivity contribution in [3.8, 4) is 10.4 Å². The first-order valence-electron chi connectivity index (χ1n) is 11.6. The average molecular weight is 541 g/mol. The summed E-state index contributed by atoms with van der Waals surface area (Å²) < 4.78 is 7.22. The van der Waals surface area contributed by atoms with E-state index >= 15 is 0 Å². The third kappa shape index (κ3) is 4.71. The Morgan fingerprint density at radius 1 is 0.946 bits per heavy atom. The van der Waals surface area contributed by atoms with Gasteiger partial charge in [-0.05, 0) is 29.1 Å². The van der Waals surface area contributed by atoms with Gasteiger partial charge in [-0.15, -0.1) is 22.7 Å². The van der Waals surface area contributed by atoms with E-state index < -0.39 is 5.25 Å². The van der Waals surface area contributed by atoms with Gasteiger partial charge in [-0.25, -0.2) is 4.98 Å². The minimum Gasteiger partial charge on any atom is -0.467 e. The summed E-state index contributed by atoms with van der Waals surface area (Å²) in [6.45, 7) is 0.220. The minimum atomic E-state index is -0.576. The molecule has 0 N–H and O–H groups in total. The first-order chi connectivity index (χ1) is 18.2. The Morgan fingerprint density at radius 3 is 2.43 bits per heavy atom. The van der Waals surface area contributed by atoms with Crippen molar-refractivity contribution in [2.75, 3.05) is 0 Å². The van der Waals surface area contributed by atoms with Crippen LogP contribution in [-0.4, -0.2) is 15.3 Å². The van der Waals surface area contributed by atoms with Gasteiger partial charge in [0.05, 0.1) is 18.2 Å². The number of rotatable bonds is 8. The number of benzene rings is 2. The van der Waals surface area contributed by atoms with Gasteiger partial charge in [0.25, 0.3) is 5.56 Å². The molecule has 0 saturated heterocycles. The lowest BCUT2D eigenvalue weighted by Crippen LogP contribution is -2.24. The Labute approximate surface area is 225 Å². The number of thiophene rings is 2. The molecule has 1 atom stereocenters. The van der Waals surface area contributed by atoms with Crippen molar-refractivity contribution in [1.29, 1.82) is 0 Å². The maximum Gasteiger partial charge on any atom is 0.264 e. The smallest absolute Gasteiger partial charge is 0.264 e. The number of nitrogens with zero attached hydrogens (tertiary/aromatic N) is 2. The van der Waals surface area contributed by atoms with Gasteiger partial charge in [0.2, 0.25) is 0 Å². The monoisotopic (exact) mass is 540 g/mol. The summed E-state index contributed by atoms with van der Waals surface area (Å²) in [4.78, 5) is 34.4. The SMILES string of the molecule is O=C(c1ccccc1)C(Sc1nc2scc(-c3cccs3)c2c(=O)n1Cc1ccco1)c1ccccc1. The number of carbonyl (C=O) groups is 1. The van der Waals surface area contributed by atoms with Crippen molar-refractivity contribution in [2.45, 2.75) is 17.0 Å². The molecule has 6 rings (SSSR count). The molecular weight excluding hydrogens is 521 g/mol. The Morgan fingerprint density at radius 2 is 1.73 bits per heavy atom. The fourth-order valence-corrected chi connectivity index (χ4v) is 7.14. The number of aromatic nitrogens is 2. The third-order valence-electron chi connectivity index (χ3n) is 5.96. The number of hydrogen-bond donors (Lipinski definition) is 0. The van der Waals surface area contributed by atoms with Crippen molar-refractivity contribution in [1.82, 2.24) is 9.55 Å². The summed E-state index contributed by atoms with van der Waals surface area (Å²) in [5.41, 5.74) is 2.21. The van der Waals surface area contributed by atoms with Crippen LogP contribution in [-0.2, 0) is 6.54 Å². The molecule has 0 amide bonds. The van der Waals surface area contributed by atoms with Crippen LogP contribution >= 0.6 is 34.4 Å². The van der Waals surface area contributed by atoms with Crippen molar-refractivity contribution in [2.24, 2.45) is 0 Å². The van der Waals surface area contributed by atoms with Crippen LogP contribution in [0.5, 0.6) is 0 Å². The van der Waals surface area contributed by atoms with E-state index in [9.17, 15) is 9.59 Å². The van der Waals surface area contributed by atoms with Crippen LogP contribution in [0.4, 0.5) is 0 Å². The molecule has 0 spiro atoms. The van der Waals surface area contributed by atoms with E-state index in [0.717, 1.165) is 16.0 Å². The van der Waals surface area contributed by atoms with E-state index in [4.69, 9.17) is 9.40 Å². The Hall–Kier alpha value is -3.72. The number of thioether (sulfide) groups is 1. The quantitative estimate of drug-likeness (QED) is 0.113. The van der Waals surface area contributed by atoms with E-state index in [1.165, 1.54) is 23.1 Å². The topological polar surface area (TPSA) is 65.1 Å². The molecule has 37 heavy (non-hydrogen) atoms. The highest BCUT2D eigenvalue weighted by Gasteiger charge is 2.27. The second-order valence-corrected chi connectivity index (χ2v) is 11.2. The van der Waals surface area contributed by atoms with Crippen molar-refractivity contribution in [3.05, 3.63) is 129 Å². The lowest BCUT2D eigenvalue weighted by atomic mass is 10.0. The molecule has 0 aliphatic heterocycles. The molecule has 2 aromatic carbocycles. The summed E-state index contributed by atoms with van der Waals surface area (Å²) in [5, 5.41) is 4.48. The van der Waals surface area contributed by atoms with E-state index in [0.29, 0.717) is 26.7 Å². The van der Waals surface area contributed by atoms with Crippen LogP contribution in [0.2, 0.25) is 0 Å². The standard InChI is InChI=1S/C29H20N2O3S3/c32-25(19-9-3-1-4-10-19)26(20-11-5-2-6-12-20)37-29-30-27-24(22(18-36-27)23-14-8-16-35-23)28(33)31(29)17-21-13-7-15-34-21/h1-16,18,26H,17H2. The first-order valence-corrected chi connectivity index (χ1v) is 14.2. The molecule has 8 heteroatoms. The fourth-order valence-electron chi connectivity index (χ4n) is 4.17. The summed E-state index contributed by atoms with van der Waals surface area (Å²) in [5.74, 6) is 0.602. The summed E-state index contributed by atoms with van der Waals surface area (Å²) in [7, 11) is 0. The van der Waals surface area contributed by atoms with Crippen molar-refractivity contribution in [3.63, 3.8) is 0 Å². The van der Waals surface area contributed by atoms with E-state index in [1.54, 1.807) is 28.2 Å². The van der Waals surface area contributed by atoms with Crippen LogP contribution in [0.1, 0.15) is 26.9 Å². The van der Waals surface area contributed by atoms with Crippen LogP contribution in [0.15, 0.2) is 116 Å². The highest BCUT2D eigenvalue weighted by molar-refractivity contribution is 8.00. The molecule has 0 saturated carbocycles. The van der Waals surface area contributed by atoms with Gasteiger partial charge in [-0.1, -0.05) is 78.5 Å². The molecule has 0 fully saturated rings.